The molecule has 0 aliphatic heterocycles. The highest BCUT2D eigenvalue weighted by molar-refractivity contribution is 7.99. The van der Waals surface area contributed by atoms with Crippen molar-refractivity contribution in [3.8, 4) is 11.5 Å². The molecule has 2 rings (SSSR count). The number of nitrogens with one attached hydrogen (secondary N) is 1. The fourth-order valence-electron chi connectivity index (χ4n) is 2.58. The number of amides is 1. The zero-order valence-corrected chi connectivity index (χ0v) is 14.0. The average molecular weight is 323 g/mol. The summed E-state index contributed by atoms with van der Waals surface area (Å²) in [7, 11) is 1.59. The minimum atomic E-state index is -0.0878. The predicted molar refractivity (Wildman–Crippen MR) is 90.8 cm³/mol. The van der Waals surface area contributed by atoms with E-state index in [0.29, 0.717) is 18.0 Å². The van der Waals surface area contributed by atoms with E-state index in [9.17, 15) is 4.79 Å². The third-order valence-corrected chi connectivity index (χ3v) is 5.14. The predicted octanol–water partition coefficient (Wildman–Crippen LogP) is 3.26. The van der Waals surface area contributed by atoms with E-state index < -0.39 is 0 Å². The maximum Gasteiger partial charge on any atom is 0.257 e. The Balaban J connectivity index is 1.59. The molecule has 1 saturated carbocycles. The van der Waals surface area contributed by atoms with Crippen molar-refractivity contribution >= 4 is 17.7 Å². The first kappa shape index (κ1) is 17.0. The molecule has 1 aromatic rings. The summed E-state index contributed by atoms with van der Waals surface area (Å²) in [6.07, 6.45) is 6.76. The maximum absolute atomic E-state index is 11.8. The number of hydrogen-bond acceptors (Lipinski definition) is 4. The first-order valence-corrected chi connectivity index (χ1v) is 8.98. The van der Waals surface area contributed by atoms with Crippen molar-refractivity contribution < 1.29 is 14.3 Å². The first-order chi connectivity index (χ1) is 10.8. The van der Waals surface area contributed by atoms with Gasteiger partial charge in [-0.05, 0) is 25.0 Å². The van der Waals surface area contributed by atoms with Crippen LogP contribution in [-0.4, -0.2) is 37.2 Å². The molecule has 0 radical (unpaired) electrons. The summed E-state index contributed by atoms with van der Waals surface area (Å²) in [5.74, 6) is 2.13. The van der Waals surface area contributed by atoms with Crippen LogP contribution in [0.4, 0.5) is 0 Å². The number of thioether (sulfide) groups is 1. The fraction of sp³-hybridized carbons (Fsp3) is 0.588. The third-order valence-electron chi connectivity index (χ3n) is 3.76. The van der Waals surface area contributed by atoms with Gasteiger partial charge in [-0.2, -0.15) is 11.8 Å². The van der Waals surface area contributed by atoms with Gasteiger partial charge in [0.25, 0.3) is 5.91 Å². The van der Waals surface area contributed by atoms with Gasteiger partial charge in [0, 0.05) is 17.5 Å². The lowest BCUT2D eigenvalue weighted by atomic mass is 10.0. The number of benzene rings is 1. The van der Waals surface area contributed by atoms with Gasteiger partial charge in [0.05, 0.1) is 7.11 Å². The van der Waals surface area contributed by atoms with Crippen molar-refractivity contribution in [3.63, 3.8) is 0 Å². The second kappa shape index (κ2) is 9.62. The third kappa shape index (κ3) is 5.79. The zero-order chi connectivity index (χ0) is 15.6. The van der Waals surface area contributed by atoms with Crippen molar-refractivity contribution in [2.24, 2.45) is 0 Å². The molecule has 122 valence electrons. The molecule has 0 heterocycles. The Labute approximate surface area is 137 Å². The number of ether oxygens (including phenoxy) is 2. The van der Waals surface area contributed by atoms with Crippen LogP contribution in [0.25, 0.3) is 0 Å². The van der Waals surface area contributed by atoms with Gasteiger partial charge < -0.3 is 14.8 Å². The van der Waals surface area contributed by atoms with E-state index in [-0.39, 0.29) is 12.5 Å². The van der Waals surface area contributed by atoms with Gasteiger partial charge in [-0.1, -0.05) is 31.4 Å². The van der Waals surface area contributed by atoms with Gasteiger partial charge in [-0.15, -0.1) is 0 Å². The Bertz CT molecular complexity index is 461. The van der Waals surface area contributed by atoms with E-state index in [1.165, 1.54) is 32.1 Å². The minimum Gasteiger partial charge on any atom is -0.493 e. The number of hydrogen-bond donors (Lipinski definition) is 1. The lowest BCUT2D eigenvalue weighted by Gasteiger charge is -2.20. The molecule has 22 heavy (non-hydrogen) atoms. The smallest absolute Gasteiger partial charge is 0.257 e. The molecule has 1 amide bonds. The number of carbonyl (C=O) groups is 1. The van der Waals surface area contributed by atoms with Crippen LogP contribution >= 0.6 is 11.8 Å². The van der Waals surface area contributed by atoms with Gasteiger partial charge >= 0.3 is 0 Å². The van der Waals surface area contributed by atoms with Crippen molar-refractivity contribution in [1.82, 2.24) is 5.32 Å². The topological polar surface area (TPSA) is 47.6 Å². The first-order valence-electron chi connectivity index (χ1n) is 7.93. The maximum atomic E-state index is 11.8. The van der Waals surface area contributed by atoms with Crippen molar-refractivity contribution in [1.29, 1.82) is 0 Å². The summed E-state index contributed by atoms with van der Waals surface area (Å²) in [6.45, 7) is 0.726. The highest BCUT2D eigenvalue weighted by Crippen LogP contribution is 2.28. The molecular weight excluding hydrogens is 298 g/mol. The van der Waals surface area contributed by atoms with Crippen LogP contribution in [0.3, 0.4) is 0 Å². The van der Waals surface area contributed by atoms with Crippen molar-refractivity contribution in [2.45, 2.75) is 37.4 Å². The molecule has 1 fully saturated rings. The van der Waals surface area contributed by atoms with E-state index in [4.69, 9.17) is 9.47 Å². The molecular formula is C17H25NO3S. The van der Waals surface area contributed by atoms with Crippen molar-refractivity contribution in [2.75, 3.05) is 26.0 Å². The summed E-state index contributed by atoms with van der Waals surface area (Å²) < 4.78 is 10.7. The van der Waals surface area contributed by atoms with Crippen LogP contribution in [0.2, 0.25) is 0 Å². The summed E-state index contributed by atoms with van der Waals surface area (Å²) in [6, 6.07) is 7.34. The normalized spacial score (nSPS) is 15.3. The zero-order valence-electron chi connectivity index (χ0n) is 13.2. The molecule has 5 heteroatoms. The van der Waals surface area contributed by atoms with Crippen LogP contribution in [0.1, 0.15) is 32.1 Å². The fourth-order valence-corrected chi connectivity index (χ4v) is 3.80. The minimum absolute atomic E-state index is 0.0223. The van der Waals surface area contributed by atoms with Gasteiger partial charge in [0.2, 0.25) is 0 Å². The van der Waals surface area contributed by atoms with E-state index in [2.05, 4.69) is 5.32 Å². The van der Waals surface area contributed by atoms with E-state index in [1.54, 1.807) is 13.2 Å². The number of para-hydroxylation sites is 2. The summed E-state index contributed by atoms with van der Waals surface area (Å²) >= 11 is 1.98. The summed E-state index contributed by atoms with van der Waals surface area (Å²) in [4.78, 5) is 11.8. The molecule has 0 spiro atoms. The Hall–Kier alpha value is -1.36. The molecule has 0 atom stereocenters. The number of rotatable bonds is 8. The van der Waals surface area contributed by atoms with Gasteiger partial charge in [0.1, 0.15) is 0 Å². The van der Waals surface area contributed by atoms with Gasteiger partial charge in [-0.3, -0.25) is 4.79 Å². The average Bonchev–Trinajstić information content (AvgIpc) is 2.58. The Morgan fingerprint density at radius 2 is 1.95 bits per heavy atom. The second-order valence-electron chi connectivity index (χ2n) is 5.42. The highest BCUT2D eigenvalue weighted by Gasteiger charge is 2.13. The van der Waals surface area contributed by atoms with Crippen LogP contribution in [0, 0.1) is 0 Å². The van der Waals surface area contributed by atoms with E-state index in [1.807, 2.05) is 30.0 Å². The van der Waals surface area contributed by atoms with Gasteiger partial charge in [-0.25, -0.2) is 0 Å². The molecule has 1 N–H and O–H groups in total. The van der Waals surface area contributed by atoms with E-state index in [0.717, 1.165) is 11.0 Å². The van der Waals surface area contributed by atoms with E-state index >= 15 is 0 Å². The SMILES string of the molecule is COc1ccccc1OCC(=O)NCCSC1CCCCC1. The molecule has 1 aromatic carbocycles. The Morgan fingerprint density at radius 3 is 2.68 bits per heavy atom. The lowest BCUT2D eigenvalue weighted by Crippen LogP contribution is -2.31. The standard InChI is InChI=1S/C17H25NO3S/c1-20-15-9-5-6-10-16(15)21-13-17(19)18-11-12-22-14-7-3-2-4-8-14/h5-6,9-10,14H,2-4,7-8,11-13H2,1H3,(H,18,19). The van der Waals surface area contributed by atoms with Crippen LogP contribution in [0.5, 0.6) is 11.5 Å². The molecule has 0 saturated heterocycles. The molecule has 1 aliphatic carbocycles. The van der Waals surface area contributed by atoms with Crippen LogP contribution < -0.4 is 14.8 Å². The lowest BCUT2D eigenvalue weighted by molar-refractivity contribution is -0.122. The Kier molecular flexibility index (Phi) is 7.43. The summed E-state index contributed by atoms with van der Waals surface area (Å²) in [5, 5.41) is 3.69. The number of carbonyl (C=O) groups excluding carboxylic acids is 1. The largest absolute Gasteiger partial charge is 0.493 e. The van der Waals surface area contributed by atoms with Crippen LogP contribution in [0.15, 0.2) is 24.3 Å². The summed E-state index contributed by atoms with van der Waals surface area (Å²) in [5.41, 5.74) is 0. The molecule has 1 aliphatic rings. The molecule has 0 bridgehead atoms. The quantitative estimate of drug-likeness (QED) is 0.746. The number of methoxy groups -OCH3 is 1. The molecule has 4 nitrogen and oxygen atoms in total. The monoisotopic (exact) mass is 323 g/mol. The molecule has 0 aromatic heterocycles. The second-order valence-corrected chi connectivity index (χ2v) is 6.83. The highest BCUT2D eigenvalue weighted by atomic mass is 32.2. The Morgan fingerprint density at radius 1 is 1.23 bits per heavy atom. The van der Waals surface area contributed by atoms with Gasteiger partial charge in [0.15, 0.2) is 18.1 Å². The molecule has 0 unspecified atom stereocenters. The van der Waals surface area contributed by atoms with Crippen molar-refractivity contribution in [3.05, 3.63) is 24.3 Å². The van der Waals surface area contributed by atoms with Crippen LogP contribution in [-0.2, 0) is 4.79 Å².